The van der Waals surface area contributed by atoms with E-state index < -0.39 is 0 Å². The van der Waals surface area contributed by atoms with E-state index in [2.05, 4.69) is 15.3 Å². The van der Waals surface area contributed by atoms with Gasteiger partial charge in [-0.2, -0.15) is 9.97 Å². The van der Waals surface area contributed by atoms with E-state index in [0.29, 0.717) is 11.5 Å². The molecule has 0 aliphatic heterocycles. The number of para-hydroxylation sites is 1. The van der Waals surface area contributed by atoms with Crippen molar-refractivity contribution in [2.45, 2.75) is 6.92 Å². The second-order valence-electron chi connectivity index (χ2n) is 3.59. The lowest BCUT2D eigenvalue weighted by Crippen LogP contribution is -2.04. The molecule has 0 saturated heterocycles. The lowest BCUT2D eigenvalue weighted by molar-refractivity contribution is 0.631. The van der Waals surface area contributed by atoms with Gasteiger partial charge in [-0.3, -0.25) is 0 Å². The predicted molar refractivity (Wildman–Crippen MR) is 65.3 cm³/mol. The van der Waals surface area contributed by atoms with Crippen LogP contribution in [-0.4, -0.2) is 9.97 Å². The van der Waals surface area contributed by atoms with Gasteiger partial charge in [-0.1, -0.05) is 12.1 Å². The van der Waals surface area contributed by atoms with Gasteiger partial charge in [-0.05, 0) is 18.6 Å². The lowest BCUT2D eigenvalue weighted by Gasteiger charge is -2.10. The maximum atomic E-state index is 13.6. The van der Waals surface area contributed by atoms with Crippen molar-refractivity contribution in [1.82, 2.24) is 9.97 Å². The highest BCUT2D eigenvalue weighted by atomic mass is 19.1. The number of nitrogens with zero attached hydrogens (tertiary/aromatic N) is 2. The molecular weight excluding hydrogens is 221 g/mol. The second-order valence-corrected chi connectivity index (χ2v) is 3.59. The van der Waals surface area contributed by atoms with Crippen molar-refractivity contribution in [2.24, 2.45) is 0 Å². The molecule has 0 bridgehead atoms. The Kier molecular flexibility index (Phi) is 2.78. The Morgan fingerprint density at radius 2 is 2.00 bits per heavy atom. The molecule has 88 valence electrons. The molecule has 5 nitrogen and oxygen atoms in total. The number of nitrogens with one attached hydrogen (secondary N) is 1. The predicted octanol–water partition coefficient (Wildman–Crippen LogP) is 1.83. The summed E-state index contributed by atoms with van der Waals surface area (Å²) in [7, 11) is 0. The molecule has 0 aliphatic rings. The Bertz CT molecular complexity index is 515. The largest absolute Gasteiger partial charge is 0.383 e. The molecule has 5 N–H and O–H groups in total. The standard InChI is InChI=1S/C11H12FN5/c1-6-3-2-4-7(12)10(6)16-9-5-8(13)15-11(14)17-9/h2-5H,1H3,(H5,13,14,15,16,17). The summed E-state index contributed by atoms with van der Waals surface area (Å²) < 4.78 is 13.6. The quantitative estimate of drug-likeness (QED) is 0.736. The summed E-state index contributed by atoms with van der Waals surface area (Å²) in [4.78, 5) is 7.65. The van der Waals surface area contributed by atoms with Crippen molar-refractivity contribution >= 4 is 23.3 Å². The van der Waals surface area contributed by atoms with E-state index in [1.807, 2.05) is 0 Å². The lowest BCUT2D eigenvalue weighted by atomic mass is 10.2. The number of nitrogen functional groups attached to an aromatic ring is 2. The molecule has 0 radical (unpaired) electrons. The maximum Gasteiger partial charge on any atom is 0.223 e. The van der Waals surface area contributed by atoms with Crippen LogP contribution < -0.4 is 16.8 Å². The van der Waals surface area contributed by atoms with E-state index in [1.54, 1.807) is 19.1 Å². The highest BCUT2D eigenvalue weighted by Gasteiger charge is 2.07. The van der Waals surface area contributed by atoms with Gasteiger partial charge in [-0.25, -0.2) is 4.39 Å². The van der Waals surface area contributed by atoms with E-state index in [1.165, 1.54) is 12.1 Å². The third kappa shape index (κ3) is 2.41. The summed E-state index contributed by atoms with van der Waals surface area (Å²) >= 11 is 0. The van der Waals surface area contributed by atoms with Crippen molar-refractivity contribution in [3.8, 4) is 0 Å². The summed E-state index contributed by atoms with van der Waals surface area (Å²) in [6.07, 6.45) is 0. The first-order valence-corrected chi connectivity index (χ1v) is 4.98. The van der Waals surface area contributed by atoms with Gasteiger partial charge in [0.25, 0.3) is 0 Å². The van der Waals surface area contributed by atoms with Crippen LogP contribution in [-0.2, 0) is 0 Å². The molecule has 0 spiro atoms. The summed E-state index contributed by atoms with van der Waals surface area (Å²) in [6.45, 7) is 1.79. The molecule has 2 rings (SSSR count). The highest BCUT2D eigenvalue weighted by Crippen LogP contribution is 2.23. The van der Waals surface area contributed by atoms with Gasteiger partial charge < -0.3 is 16.8 Å². The van der Waals surface area contributed by atoms with Gasteiger partial charge in [0.05, 0.1) is 5.69 Å². The molecule has 1 aromatic carbocycles. The van der Waals surface area contributed by atoms with Crippen LogP contribution in [0.25, 0.3) is 0 Å². The molecule has 6 heteroatoms. The minimum Gasteiger partial charge on any atom is -0.383 e. The molecular formula is C11H12FN5. The van der Waals surface area contributed by atoms with Gasteiger partial charge in [0.15, 0.2) is 0 Å². The fraction of sp³-hybridized carbons (Fsp3) is 0.0909. The third-order valence-electron chi connectivity index (χ3n) is 2.24. The van der Waals surface area contributed by atoms with Crippen LogP contribution in [0.4, 0.5) is 27.7 Å². The molecule has 1 aromatic heterocycles. The van der Waals surface area contributed by atoms with Crippen molar-refractivity contribution in [2.75, 3.05) is 16.8 Å². The van der Waals surface area contributed by atoms with Crippen LogP contribution in [0.15, 0.2) is 24.3 Å². The molecule has 0 saturated carbocycles. The Labute approximate surface area is 97.7 Å². The first-order chi connectivity index (χ1) is 8.06. The summed E-state index contributed by atoms with van der Waals surface area (Å²) in [6, 6.07) is 6.28. The zero-order chi connectivity index (χ0) is 12.4. The third-order valence-corrected chi connectivity index (χ3v) is 2.24. The van der Waals surface area contributed by atoms with Crippen molar-refractivity contribution < 1.29 is 4.39 Å². The van der Waals surface area contributed by atoms with Gasteiger partial charge in [0.2, 0.25) is 5.95 Å². The number of rotatable bonds is 2. The Morgan fingerprint density at radius 3 is 2.65 bits per heavy atom. The van der Waals surface area contributed by atoms with Gasteiger partial charge in [0.1, 0.15) is 17.5 Å². The van der Waals surface area contributed by atoms with Gasteiger partial charge in [-0.15, -0.1) is 0 Å². The smallest absolute Gasteiger partial charge is 0.223 e. The number of halogens is 1. The minimum absolute atomic E-state index is 0.0430. The van der Waals surface area contributed by atoms with Crippen LogP contribution in [0.3, 0.4) is 0 Å². The van der Waals surface area contributed by atoms with Gasteiger partial charge >= 0.3 is 0 Å². The zero-order valence-corrected chi connectivity index (χ0v) is 9.24. The number of aromatic nitrogens is 2. The average molecular weight is 233 g/mol. The SMILES string of the molecule is Cc1cccc(F)c1Nc1cc(N)nc(N)n1. The number of aryl methyl sites for hydroxylation is 1. The summed E-state index contributed by atoms with van der Waals surface area (Å²) in [5.74, 6) is 0.277. The highest BCUT2D eigenvalue weighted by molar-refractivity contribution is 5.63. The molecule has 2 aromatic rings. The molecule has 17 heavy (non-hydrogen) atoms. The topological polar surface area (TPSA) is 89.8 Å². The van der Waals surface area contributed by atoms with Crippen LogP contribution >= 0.6 is 0 Å². The first kappa shape index (κ1) is 11.1. The number of benzene rings is 1. The van der Waals surface area contributed by atoms with E-state index in [9.17, 15) is 4.39 Å². The molecule has 1 heterocycles. The Hall–Kier alpha value is -2.37. The van der Waals surface area contributed by atoms with Gasteiger partial charge in [0, 0.05) is 6.07 Å². The van der Waals surface area contributed by atoms with Crippen LogP contribution in [0.2, 0.25) is 0 Å². The van der Waals surface area contributed by atoms with Crippen molar-refractivity contribution in [3.05, 3.63) is 35.6 Å². The fourth-order valence-electron chi connectivity index (χ4n) is 1.47. The molecule has 0 aliphatic carbocycles. The molecule has 0 fully saturated rings. The molecule has 0 amide bonds. The maximum absolute atomic E-state index is 13.6. The average Bonchev–Trinajstić information content (AvgIpc) is 2.22. The van der Waals surface area contributed by atoms with Crippen LogP contribution in [0.1, 0.15) is 5.56 Å². The van der Waals surface area contributed by atoms with E-state index in [-0.39, 0.29) is 17.6 Å². The number of hydrogen-bond acceptors (Lipinski definition) is 5. The summed E-state index contributed by atoms with van der Waals surface area (Å²) in [5.41, 5.74) is 12.1. The van der Waals surface area contributed by atoms with E-state index in [4.69, 9.17) is 11.5 Å². The van der Waals surface area contributed by atoms with E-state index in [0.717, 1.165) is 5.56 Å². The minimum atomic E-state index is -0.360. The second kappa shape index (κ2) is 4.25. The van der Waals surface area contributed by atoms with Crippen molar-refractivity contribution in [1.29, 1.82) is 0 Å². The molecule has 0 atom stereocenters. The Balaban J connectivity index is 2.38. The normalized spacial score (nSPS) is 10.2. The number of hydrogen-bond donors (Lipinski definition) is 3. The monoisotopic (exact) mass is 233 g/mol. The number of anilines is 4. The first-order valence-electron chi connectivity index (χ1n) is 4.98. The zero-order valence-electron chi connectivity index (χ0n) is 9.24. The Morgan fingerprint density at radius 1 is 1.24 bits per heavy atom. The van der Waals surface area contributed by atoms with Crippen LogP contribution in [0, 0.1) is 12.7 Å². The summed E-state index contributed by atoms with van der Waals surface area (Å²) in [5, 5.41) is 2.84. The van der Waals surface area contributed by atoms with Crippen LogP contribution in [0.5, 0.6) is 0 Å². The van der Waals surface area contributed by atoms with Crippen molar-refractivity contribution in [3.63, 3.8) is 0 Å². The van der Waals surface area contributed by atoms with E-state index >= 15 is 0 Å². The molecule has 0 unspecified atom stereocenters. The fourth-order valence-corrected chi connectivity index (χ4v) is 1.47. The number of nitrogens with two attached hydrogens (primary N) is 2.